The van der Waals surface area contributed by atoms with Crippen LogP contribution < -0.4 is 0 Å². The minimum Gasteiger partial charge on any atom is -0.462 e. The summed E-state index contributed by atoms with van der Waals surface area (Å²) in [5.41, 5.74) is -0.318. The first-order valence-electron chi connectivity index (χ1n) is 5.33. The summed E-state index contributed by atoms with van der Waals surface area (Å²) in [5, 5.41) is 8.69. The van der Waals surface area contributed by atoms with Gasteiger partial charge in [-0.2, -0.15) is 0 Å². The first-order valence-corrected chi connectivity index (χ1v) is 5.33. The van der Waals surface area contributed by atoms with Gasteiger partial charge in [0, 0.05) is 6.04 Å². The van der Waals surface area contributed by atoms with Gasteiger partial charge in [0.2, 0.25) is 0 Å². The summed E-state index contributed by atoms with van der Waals surface area (Å²) in [7, 11) is 2.06. The van der Waals surface area contributed by atoms with Crippen LogP contribution in [0, 0.1) is 0 Å². The second kappa shape index (κ2) is 6.80. The zero-order valence-electron chi connectivity index (χ0n) is 10.2. The Labute approximate surface area is 92.2 Å². The number of hydrogen-bond acceptors (Lipinski definition) is 4. The second-order valence-corrected chi connectivity index (χ2v) is 4.79. The van der Waals surface area contributed by atoms with E-state index < -0.39 is 0 Å². The van der Waals surface area contributed by atoms with E-state index in [0.29, 0.717) is 19.1 Å². The Hall–Kier alpha value is -0.610. The third-order valence-electron chi connectivity index (χ3n) is 2.28. The van der Waals surface area contributed by atoms with Crippen LogP contribution in [0.2, 0.25) is 0 Å². The third kappa shape index (κ3) is 7.33. The van der Waals surface area contributed by atoms with E-state index in [0.717, 1.165) is 6.54 Å². The summed E-state index contributed by atoms with van der Waals surface area (Å²) in [4.78, 5) is 11.8. The Morgan fingerprint density at radius 3 is 2.27 bits per heavy atom. The molecule has 0 bridgehead atoms. The minimum atomic E-state index is -0.318. The van der Waals surface area contributed by atoms with E-state index in [9.17, 15) is 4.79 Å². The van der Waals surface area contributed by atoms with Gasteiger partial charge in [-0.05, 0) is 47.2 Å². The number of hydrogen-bond donors (Lipinski definition) is 1. The first kappa shape index (κ1) is 14.4. The smallest absolute Gasteiger partial charge is 0.293 e. The highest BCUT2D eigenvalue weighted by atomic mass is 16.5. The number of nitrogens with zero attached hydrogens (tertiary/aromatic N) is 1. The van der Waals surface area contributed by atoms with E-state index in [1.165, 1.54) is 12.8 Å². The lowest BCUT2D eigenvalue weighted by molar-refractivity contribution is -0.138. The number of carbonyl (C=O) groups is 1. The number of likely N-dealkylation sites (N-methyl/N-ethyl adjacent to an activating group) is 1. The predicted octanol–water partition coefficient (Wildman–Crippen LogP) is 1.03. The van der Waals surface area contributed by atoms with Gasteiger partial charge in [-0.15, -0.1) is 0 Å². The number of aliphatic hydroxyl groups is 1. The summed E-state index contributed by atoms with van der Waals surface area (Å²) in [6.45, 7) is 7.41. The monoisotopic (exact) mass is 217 g/mol. The van der Waals surface area contributed by atoms with Gasteiger partial charge in [-0.25, -0.2) is 0 Å². The molecule has 0 spiro atoms. The van der Waals surface area contributed by atoms with Gasteiger partial charge in [-0.3, -0.25) is 4.79 Å². The van der Waals surface area contributed by atoms with Crippen molar-refractivity contribution in [2.75, 3.05) is 20.2 Å². The molecule has 0 saturated carbocycles. The van der Waals surface area contributed by atoms with Crippen molar-refractivity contribution in [3.8, 4) is 0 Å². The number of carbonyl (C=O) groups excluding carboxylic acids is 1. The van der Waals surface area contributed by atoms with Crippen LogP contribution in [0.1, 0.15) is 33.6 Å². The molecule has 90 valence electrons. The van der Waals surface area contributed by atoms with Crippen molar-refractivity contribution in [2.24, 2.45) is 0 Å². The molecule has 1 unspecified atom stereocenters. The molecule has 0 aromatic heterocycles. The summed E-state index contributed by atoms with van der Waals surface area (Å²) in [5.74, 6) is 0. The average Bonchev–Trinajstić information content (AvgIpc) is 2.49. The largest absolute Gasteiger partial charge is 0.462 e. The normalized spacial score (nSPS) is 21.8. The van der Waals surface area contributed by atoms with Gasteiger partial charge in [0.1, 0.15) is 5.60 Å². The molecular weight excluding hydrogens is 194 g/mol. The molecule has 1 saturated heterocycles. The fourth-order valence-corrected chi connectivity index (χ4v) is 1.35. The van der Waals surface area contributed by atoms with Crippen molar-refractivity contribution >= 4 is 6.47 Å². The lowest BCUT2D eigenvalue weighted by atomic mass is 10.2. The van der Waals surface area contributed by atoms with Gasteiger partial charge in [0.05, 0.1) is 6.61 Å². The fourth-order valence-electron chi connectivity index (χ4n) is 1.35. The van der Waals surface area contributed by atoms with Gasteiger partial charge in [0.15, 0.2) is 0 Å². The zero-order valence-corrected chi connectivity index (χ0v) is 10.2. The molecule has 1 N–H and O–H groups in total. The quantitative estimate of drug-likeness (QED) is 0.702. The van der Waals surface area contributed by atoms with E-state index in [4.69, 9.17) is 5.11 Å². The average molecular weight is 217 g/mol. The maximum absolute atomic E-state index is 9.60. The van der Waals surface area contributed by atoms with Crippen LogP contribution in [0.15, 0.2) is 0 Å². The molecule has 15 heavy (non-hydrogen) atoms. The Morgan fingerprint density at radius 2 is 2.13 bits per heavy atom. The first-order chi connectivity index (χ1) is 6.90. The van der Waals surface area contributed by atoms with Gasteiger partial charge < -0.3 is 14.7 Å². The molecule has 1 atom stereocenters. The van der Waals surface area contributed by atoms with Crippen molar-refractivity contribution in [1.82, 2.24) is 4.90 Å². The Bertz CT molecular complexity index is 177. The topological polar surface area (TPSA) is 49.8 Å². The highest BCUT2D eigenvalue weighted by molar-refractivity contribution is 5.37. The highest BCUT2D eigenvalue weighted by Gasteiger charge is 2.18. The number of rotatable bonds is 2. The minimum absolute atomic E-state index is 0.318. The second-order valence-electron chi connectivity index (χ2n) is 4.79. The maximum Gasteiger partial charge on any atom is 0.293 e. The van der Waals surface area contributed by atoms with Crippen LogP contribution in [-0.4, -0.2) is 48.3 Å². The van der Waals surface area contributed by atoms with E-state index in [-0.39, 0.29) is 5.60 Å². The summed E-state index contributed by atoms with van der Waals surface area (Å²) in [6.07, 6.45) is 2.43. The molecule has 0 aliphatic carbocycles. The van der Waals surface area contributed by atoms with E-state index >= 15 is 0 Å². The standard InChI is InChI=1S/C6H13NO.C5H10O2/c1-7-4-2-3-6(7)5-8;1-5(2,3)7-4-6/h6,8H,2-5H2,1H3;4H,1-3H3. The van der Waals surface area contributed by atoms with Gasteiger partial charge >= 0.3 is 0 Å². The molecule has 0 aromatic rings. The Balaban J connectivity index is 0.000000265. The van der Waals surface area contributed by atoms with Crippen molar-refractivity contribution in [2.45, 2.75) is 45.3 Å². The van der Waals surface area contributed by atoms with Gasteiger partial charge in [-0.1, -0.05) is 0 Å². The molecule has 0 amide bonds. The summed E-state index contributed by atoms with van der Waals surface area (Å²) in [6, 6.07) is 0.454. The molecule has 1 aliphatic rings. The molecule has 1 fully saturated rings. The van der Waals surface area contributed by atoms with Crippen LogP contribution in [0.3, 0.4) is 0 Å². The number of likely N-dealkylation sites (tertiary alicyclic amines) is 1. The molecule has 0 radical (unpaired) electrons. The molecule has 1 heterocycles. The molecule has 4 heteroatoms. The Kier molecular flexibility index (Phi) is 6.52. The van der Waals surface area contributed by atoms with Crippen LogP contribution >= 0.6 is 0 Å². The number of ether oxygens (including phenoxy) is 1. The third-order valence-corrected chi connectivity index (χ3v) is 2.28. The fraction of sp³-hybridized carbons (Fsp3) is 0.909. The molecule has 4 nitrogen and oxygen atoms in total. The molecule has 1 rings (SSSR count). The van der Waals surface area contributed by atoms with Crippen LogP contribution in [0.5, 0.6) is 0 Å². The van der Waals surface area contributed by atoms with Crippen LogP contribution in [-0.2, 0) is 9.53 Å². The summed E-state index contributed by atoms with van der Waals surface area (Å²) >= 11 is 0. The van der Waals surface area contributed by atoms with E-state index in [1.54, 1.807) is 0 Å². The van der Waals surface area contributed by atoms with Crippen molar-refractivity contribution < 1.29 is 14.6 Å². The SMILES string of the molecule is CC(C)(C)OC=O.CN1CCCC1CO. The molecule has 0 aromatic carbocycles. The summed E-state index contributed by atoms with van der Waals surface area (Å²) < 4.78 is 4.55. The van der Waals surface area contributed by atoms with E-state index in [1.807, 2.05) is 20.8 Å². The highest BCUT2D eigenvalue weighted by Crippen LogP contribution is 2.12. The van der Waals surface area contributed by atoms with Crippen LogP contribution in [0.25, 0.3) is 0 Å². The van der Waals surface area contributed by atoms with Crippen molar-refractivity contribution in [1.29, 1.82) is 0 Å². The van der Waals surface area contributed by atoms with Crippen molar-refractivity contribution in [3.63, 3.8) is 0 Å². The lowest BCUT2D eigenvalue weighted by Gasteiger charge is -2.15. The predicted molar refractivity (Wildman–Crippen MR) is 59.6 cm³/mol. The molecular formula is C11H23NO3. The van der Waals surface area contributed by atoms with Crippen LogP contribution in [0.4, 0.5) is 0 Å². The lowest BCUT2D eigenvalue weighted by Crippen LogP contribution is -2.27. The van der Waals surface area contributed by atoms with Crippen molar-refractivity contribution in [3.05, 3.63) is 0 Å². The Morgan fingerprint density at radius 1 is 1.53 bits per heavy atom. The van der Waals surface area contributed by atoms with Gasteiger partial charge in [0.25, 0.3) is 6.47 Å². The van der Waals surface area contributed by atoms with E-state index in [2.05, 4.69) is 16.7 Å². The maximum atomic E-state index is 9.60. The zero-order chi connectivity index (χ0) is 11.9. The number of aliphatic hydroxyl groups excluding tert-OH is 1. The molecule has 1 aliphatic heterocycles.